The van der Waals surface area contributed by atoms with E-state index in [1.54, 1.807) is 0 Å². The summed E-state index contributed by atoms with van der Waals surface area (Å²) in [5.41, 5.74) is 1.32. The first-order chi connectivity index (χ1) is 9.85. The molecule has 20 heavy (non-hydrogen) atoms. The molecule has 0 spiro atoms. The highest BCUT2D eigenvalue weighted by molar-refractivity contribution is 5.36. The van der Waals surface area contributed by atoms with Crippen LogP contribution < -0.4 is 10.1 Å². The summed E-state index contributed by atoms with van der Waals surface area (Å²) in [6, 6.07) is 8.95. The number of para-hydroxylation sites is 1. The van der Waals surface area contributed by atoms with Crippen molar-refractivity contribution in [2.45, 2.75) is 58.4 Å². The van der Waals surface area contributed by atoms with Crippen LogP contribution in [-0.2, 0) is 0 Å². The number of hydrogen-bond donors (Lipinski definition) is 1. The quantitative estimate of drug-likeness (QED) is 0.742. The van der Waals surface area contributed by atoms with Gasteiger partial charge in [-0.05, 0) is 44.2 Å². The zero-order valence-electron chi connectivity index (χ0n) is 13.0. The SMILES string of the molecule is CCCNC(CC)c1ccccc1OCC1CCCC1. The molecule has 0 aromatic heterocycles. The van der Waals surface area contributed by atoms with Crippen molar-refractivity contribution in [3.63, 3.8) is 0 Å². The predicted octanol–water partition coefficient (Wildman–Crippen LogP) is 4.71. The van der Waals surface area contributed by atoms with Gasteiger partial charge in [-0.25, -0.2) is 0 Å². The van der Waals surface area contributed by atoms with Crippen LogP contribution in [-0.4, -0.2) is 13.2 Å². The Morgan fingerprint density at radius 2 is 1.95 bits per heavy atom. The highest BCUT2D eigenvalue weighted by Crippen LogP contribution is 2.30. The zero-order chi connectivity index (χ0) is 14.2. The maximum Gasteiger partial charge on any atom is 0.124 e. The van der Waals surface area contributed by atoms with Crippen molar-refractivity contribution in [3.05, 3.63) is 29.8 Å². The van der Waals surface area contributed by atoms with Crippen molar-refractivity contribution in [2.75, 3.05) is 13.2 Å². The molecule has 0 radical (unpaired) electrons. The van der Waals surface area contributed by atoms with Gasteiger partial charge in [0.25, 0.3) is 0 Å². The van der Waals surface area contributed by atoms with Gasteiger partial charge < -0.3 is 10.1 Å². The normalized spacial score (nSPS) is 17.3. The minimum Gasteiger partial charge on any atom is -0.493 e. The number of rotatable bonds is 8. The molecular formula is C18H29NO. The fourth-order valence-electron chi connectivity index (χ4n) is 3.08. The van der Waals surface area contributed by atoms with Crippen molar-refractivity contribution >= 4 is 0 Å². The lowest BCUT2D eigenvalue weighted by molar-refractivity contribution is 0.247. The first-order valence-electron chi connectivity index (χ1n) is 8.30. The molecule has 112 valence electrons. The maximum absolute atomic E-state index is 6.14. The Morgan fingerprint density at radius 3 is 2.65 bits per heavy atom. The van der Waals surface area contributed by atoms with Crippen LogP contribution in [0.25, 0.3) is 0 Å². The van der Waals surface area contributed by atoms with E-state index in [0.29, 0.717) is 6.04 Å². The van der Waals surface area contributed by atoms with Crippen LogP contribution in [0.5, 0.6) is 5.75 Å². The average molecular weight is 275 g/mol. The Kier molecular flexibility index (Phi) is 6.38. The predicted molar refractivity (Wildman–Crippen MR) is 85.2 cm³/mol. The van der Waals surface area contributed by atoms with E-state index >= 15 is 0 Å². The third kappa shape index (κ3) is 4.24. The molecule has 1 aromatic rings. The van der Waals surface area contributed by atoms with Gasteiger partial charge in [-0.15, -0.1) is 0 Å². The van der Waals surface area contributed by atoms with Crippen LogP contribution in [0.1, 0.15) is 64.0 Å². The molecule has 0 saturated heterocycles. The minimum atomic E-state index is 0.412. The van der Waals surface area contributed by atoms with Crippen LogP contribution in [0, 0.1) is 5.92 Å². The van der Waals surface area contributed by atoms with Crippen molar-refractivity contribution in [1.29, 1.82) is 0 Å². The molecule has 1 fully saturated rings. The molecule has 2 nitrogen and oxygen atoms in total. The molecule has 1 N–H and O–H groups in total. The van der Waals surface area contributed by atoms with E-state index in [4.69, 9.17) is 4.74 Å². The smallest absolute Gasteiger partial charge is 0.124 e. The molecule has 2 heteroatoms. The monoisotopic (exact) mass is 275 g/mol. The third-order valence-electron chi connectivity index (χ3n) is 4.29. The van der Waals surface area contributed by atoms with Crippen molar-refractivity contribution in [2.24, 2.45) is 5.92 Å². The Bertz CT molecular complexity index is 385. The molecule has 1 aromatic carbocycles. The van der Waals surface area contributed by atoms with E-state index in [1.165, 1.54) is 37.7 Å². The fourth-order valence-corrected chi connectivity index (χ4v) is 3.08. The Hall–Kier alpha value is -1.02. The molecule has 0 amide bonds. The van der Waals surface area contributed by atoms with Crippen molar-refractivity contribution in [3.8, 4) is 5.75 Å². The summed E-state index contributed by atoms with van der Waals surface area (Å²) in [6.45, 7) is 6.40. The summed E-state index contributed by atoms with van der Waals surface area (Å²) in [5, 5.41) is 3.62. The maximum atomic E-state index is 6.14. The van der Waals surface area contributed by atoms with Crippen LogP contribution >= 0.6 is 0 Å². The van der Waals surface area contributed by atoms with Gasteiger partial charge in [-0.2, -0.15) is 0 Å². The van der Waals surface area contributed by atoms with E-state index < -0.39 is 0 Å². The summed E-state index contributed by atoms with van der Waals surface area (Å²) in [5.74, 6) is 1.85. The second-order valence-corrected chi connectivity index (χ2v) is 5.91. The fraction of sp³-hybridized carbons (Fsp3) is 0.667. The minimum absolute atomic E-state index is 0.412. The highest BCUT2D eigenvalue weighted by Gasteiger charge is 2.18. The van der Waals surface area contributed by atoms with E-state index in [1.807, 2.05) is 0 Å². The van der Waals surface area contributed by atoms with Gasteiger partial charge in [0.1, 0.15) is 5.75 Å². The molecule has 1 unspecified atom stereocenters. The summed E-state index contributed by atoms with van der Waals surface area (Å²) in [6.07, 6.45) is 7.71. The van der Waals surface area contributed by atoms with E-state index in [-0.39, 0.29) is 0 Å². The van der Waals surface area contributed by atoms with Gasteiger partial charge >= 0.3 is 0 Å². The van der Waals surface area contributed by atoms with E-state index in [2.05, 4.69) is 43.4 Å². The summed E-state index contributed by atoms with van der Waals surface area (Å²) >= 11 is 0. The molecule has 0 bridgehead atoms. The standard InChI is InChI=1S/C18H29NO/c1-3-13-19-17(4-2)16-11-7-8-12-18(16)20-14-15-9-5-6-10-15/h7-8,11-12,15,17,19H,3-6,9-10,13-14H2,1-2H3. The van der Waals surface area contributed by atoms with Crippen LogP contribution in [0.15, 0.2) is 24.3 Å². The summed E-state index contributed by atoms with van der Waals surface area (Å²) in [7, 11) is 0. The first-order valence-corrected chi connectivity index (χ1v) is 8.30. The zero-order valence-corrected chi connectivity index (χ0v) is 13.0. The first kappa shape index (κ1) is 15.4. The summed E-state index contributed by atoms with van der Waals surface area (Å²) < 4.78 is 6.14. The van der Waals surface area contributed by atoms with Gasteiger partial charge in [0.2, 0.25) is 0 Å². The van der Waals surface area contributed by atoms with Crippen LogP contribution in [0.4, 0.5) is 0 Å². The number of ether oxygens (including phenoxy) is 1. The van der Waals surface area contributed by atoms with Gasteiger partial charge in [-0.3, -0.25) is 0 Å². The Balaban J connectivity index is 1.99. The molecular weight excluding hydrogens is 246 g/mol. The number of benzene rings is 1. The third-order valence-corrected chi connectivity index (χ3v) is 4.29. The molecule has 0 aliphatic heterocycles. The molecule has 1 saturated carbocycles. The number of hydrogen-bond acceptors (Lipinski definition) is 2. The lowest BCUT2D eigenvalue weighted by Crippen LogP contribution is -2.22. The van der Waals surface area contributed by atoms with Crippen molar-refractivity contribution in [1.82, 2.24) is 5.32 Å². The second-order valence-electron chi connectivity index (χ2n) is 5.91. The van der Waals surface area contributed by atoms with Gasteiger partial charge in [0, 0.05) is 11.6 Å². The Morgan fingerprint density at radius 1 is 1.20 bits per heavy atom. The van der Waals surface area contributed by atoms with E-state index in [9.17, 15) is 0 Å². The lowest BCUT2D eigenvalue weighted by Gasteiger charge is -2.21. The van der Waals surface area contributed by atoms with Crippen LogP contribution in [0.3, 0.4) is 0 Å². The molecule has 2 rings (SSSR count). The summed E-state index contributed by atoms with van der Waals surface area (Å²) in [4.78, 5) is 0. The lowest BCUT2D eigenvalue weighted by atomic mass is 10.0. The molecule has 1 aliphatic rings. The van der Waals surface area contributed by atoms with Gasteiger partial charge in [0.05, 0.1) is 6.61 Å². The average Bonchev–Trinajstić information content (AvgIpc) is 3.00. The van der Waals surface area contributed by atoms with E-state index in [0.717, 1.165) is 31.2 Å². The topological polar surface area (TPSA) is 21.3 Å². The van der Waals surface area contributed by atoms with Gasteiger partial charge in [0.15, 0.2) is 0 Å². The number of nitrogens with one attached hydrogen (secondary N) is 1. The van der Waals surface area contributed by atoms with Crippen LogP contribution in [0.2, 0.25) is 0 Å². The second kappa shape index (κ2) is 8.31. The molecule has 1 aliphatic carbocycles. The highest BCUT2D eigenvalue weighted by atomic mass is 16.5. The molecule has 1 atom stereocenters. The Labute approximate surface area is 123 Å². The largest absolute Gasteiger partial charge is 0.493 e. The molecule has 0 heterocycles. The van der Waals surface area contributed by atoms with Crippen molar-refractivity contribution < 1.29 is 4.74 Å². The van der Waals surface area contributed by atoms with Gasteiger partial charge in [-0.1, -0.05) is 44.9 Å².